The molecule has 1 fully saturated rings. The zero-order valence-corrected chi connectivity index (χ0v) is 8.29. The molecule has 0 spiro atoms. The number of hydrogen-bond donors (Lipinski definition) is 1. The van der Waals surface area contributed by atoms with Crippen LogP contribution in [0, 0.1) is 5.92 Å². The summed E-state index contributed by atoms with van der Waals surface area (Å²) >= 11 is 0. The summed E-state index contributed by atoms with van der Waals surface area (Å²) in [4.78, 5) is 11.1. The van der Waals surface area contributed by atoms with Gasteiger partial charge in [0.05, 0.1) is 13.0 Å². The van der Waals surface area contributed by atoms with E-state index in [0.717, 1.165) is 18.8 Å². The molecule has 1 aliphatic rings. The molecule has 1 unspecified atom stereocenters. The highest BCUT2D eigenvalue weighted by Crippen LogP contribution is 2.32. The molecular formula is C10H19NO2. The van der Waals surface area contributed by atoms with Crippen LogP contribution in [-0.4, -0.2) is 18.6 Å². The van der Waals surface area contributed by atoms with Crippen molar-refractivity contribution in [1.29, 1.82) is 0 Å². The van der Waals surface area contributed by atoms with Crippen molar-refractivity contribution >= 4 is 5.97 Å². The number of carbonyl (C=O) groups is 1. The quantitative estimate of drug-likeness (QED) is 0.637. The van der Waals surface area contributed by atoms with Crippen LogP contribution in [0.15, 0.2) is 0 Å². The average Bonchev–Trinajstić information content (AvgIpc) is 2.88. The molecule has 0 aromatic carbocycles. The first-order valence-electron chi connectivity index (χ1n) is 5.13. The molecule has 1 atom stereocenters. The van der Waals surface area contributed by atoms with E-state index < -0.39 is 0 Å². The van der Waals surface area contributed by atoms with E-state index in [1.165, 1.54) is 12.8 Å². The summed E-state index contributed by atoms with van der Waals surface area (Å²) < 4.78 is 5.05. The van der Waals surface area contributed by atoms with Gasteiger partial charge in [0.1, 0.15) is 0 Å². The van der Waals surface area contributed by atoms with Gasteiger partial charge in [-0.1, -0.05) is 19.8 Å². The molecule has 0 amide bonds. The second-order valence-corrected chi connectivity index (χ2v) is 3.82. The number of nitrogens with two attached hydrogens (primary N) is 1. The maximum atomic E-state index is 11.1. The minimum atomic E-state index is -0.144. The smallest absolute Gasteiger partial charge is 0.307 e. The number of carbonyl (C=O) groups excluding carboxylic acids is 1. The standard InChI is InChI=1S/C10H19NO2/c1-2-9(11)7-10(12)13-6-5-8-3-4-8/h8-9H,2-7,11H2,1H3. The summed E-state index contributed by atoms with van der Waals surface area (Å²) in [6, 6.07) is -0.0339. The summed E-state index contributed by atoms with van der Waals surface area (Å²) in [5.74, 6) is 0.683. The van der Waals surface area contributed by atoms with Gasteiger partial charge in [0.25, 0.3) is 0 Å². The van der Waals surface area contributed by atoms with Gasteiger partial charge >= 0.3 is 5.97 Å². The fraction of sp³-hybridized carbons (Fsp3) is 0.900. The second-order valence-electron chi connectivity index (χ2n) is 3.82. The lowest BCUT2D eigenvalue weighted by Crippen LogP contribution is -2.24. The first-order chi connectivity index (χ1) is 6.22. The summed E-state index contributed by atoms with van der Waals surface area (Å²) in [6.45, 7) is 2.56. The van der Waals surface area contributed by atoms with Crippen LogP contribution in [0.25, 0.3) is 0 Å². The molecule has 13 heavy (non-hydrogen) atoms. The van der Waals surface area contributed by atoms with E-state index >= 15 is 0 Å². The molecule has 1 aliphatic carbocycles. The Morgan fingerprint density at radius 1 is 1.62 bits per heavy atom. The van der Waals surface area contributed by atoms with Crippen LogP contribution in [0.2, 0.25) is 0 Å². The Bertz CT molecular complexity index is 166. The van der Waals surface area contributed by atoms with Gasteiger partial charge in [0, 0.05) is 6.04 Å². The minimum Gasteiger partial charge on any atom is -0.466 e. The number of hydrogen-bond acceptors (Lipinski definition) is 3. The van der Waals surface area contributed by atoms with E-state index in [2.05, 4.69) is 0 Å². The Balaban J connectivity index is 1.96. The normalized spacial score (nSPS) is 18.3. The molecule has 0 saturated heterocycles. The van der Waals surface area contributed by atoms with E-state index in [1.54, 1.807) is 0 Å². The van der Waals surface area contributed by atoms with E-state index in [9.17, 15) is 4.79 Å². The van der Waals surface area contributed by atoms with Crippen molar-refractivity contribution in [3.63, 3.8) is 0 Å². The lowest BCUT2D eigenvalue weighted by molar-refractivity contribution is -0.144. The molecule has 0 radical (unpaired) electrons. The summed E-state index contributed by atoms with van der Waals surface area (Å²) in [7, 11) is 0. The lowest BCUT2D eigenvalue weighted by atomic mass is 10.2. The minimum absolute atomic E-state index is 0.0339. The van der Waals surface area contributed by atoms with Crippen LogP contribution >= 0.6 is 0 Å². The van der Waals surface area contributed by atoms with Crippen molar-refractivity contribution < 1.29 is 9.53 Å². The predicted molar refractivity (Wildman–Crippen MR) is 51.2 cm³/mol. The highest BCUT2D eigenvalue weighted by molar-refractivity contribution is 5.70. The maximum absolute atomic E-state index is 11.1. The fourth-order valence-electron chi connectivity index (χ4n) is 1.16. The molecule has 76 valence electrons. The molecule has 0 aromatic rings. The van der Waals surface area contributed by atoms with Crippen LogP contribution in [-0.2, 0) is 9.53 Å². The lowest BCUT2D eigenvalue weighted by Gasteiger charge is -2.08. The van der Waals surface area contributed by atoms with Crippen LogP contribution in [0.4, 0.5) is 0 Å². The van der Waals surface area contributed by atoms with Gasteiger partial charge < -0.3 is 10.5 Å². The third kappa shape index (κ3) is 4.88. The van der Waals surface area contributed by atoms with Crippen LogP contribution in [0.3, 0.4) is 0 Å². The SMILES string of the molecule is CCC(N)CC(=O)OCCC1CC1. The summed E-state index contributed by atoms with van der Waals surface area (Å²) in [6.07, 6.45) is 4.85. The van der Waals surface area contributed by atoms with Gasteiger partial charge in [0.15, 0.2) is 0 Å². The van der Waals surface area contributed by atoms with Gasteiger partial charge in [-0.3, -0.25) is 4.79 Å². The van der Waals surface area contributed by atoms with Gasteiger partial charge in [-0.2, -0.15) is 0 Å². The third-order valence-electron chi connectivity index (χ3n) is 2.44. The van der Waals surface area contributed by atoms with Crippen molar-refractivity contribution in [2.75, 3.05) is 6.61 Å². The fourth-order valence-corrected chi connectivity index (χ4v) is 1.16. The number of rotatable bonds is 6. The Labute approximate surface area is 79.6 Å². The zero-order valence-electron chi connectivity index (χ0n) is 8.29. The second kappa shape index (κ2) is 5.22. The molecule has 0 bridgehead atoms. The van der Waals surface area contributed by atoms with Crippen LogP contribution < -0.4 is 5.73 Å². The number of ether oxygens (including phenoxy) is 1. The highest BCUT2D eigenvalue weighted by atomic mass is 16.5. The molecule has 3 nitrogen and oxygen atoms in total. The van der Waals surface area contributed by atoms with Crippen molar-refractivity contribution in [2.24, 2.45) is 11.7 Å². The van der Waals surface area contributed by atoms with Crippen LogP contribution in [0.5, 0.6) is 0 Å². The largest absolute Gasteiger partial charge is 0.466 e. The topological polar surface area (TPSA) is 52.3 Å². The third-order valence-corrected chi connectivity index (χ3v) is 2.44. The van der Waals surface area contributed by atoms with Crippen LogP contribution in [0.1, 0.15) is 39.0 Å². The van der Waals surface area contributed by atoms with Gasteiger partial charge in [-0.25, -0.2) is 0 Å². The van der Waals surface area contributed by atoms with Gasteiger partial charge in [-0.05, 0) is 18.8 Å². The van der Waals surface area contributed by atoms with Gasteiger partial charge in [0.2, 0.25) is 0 Å². The molecule has 0 aliphatic heterocycles. The number of esters is 1. The Morgan fingerprint density at radius 2 is 2.31 bits per heavy atom. The molecule has 1 saturated carbocycles. The molecule has 2 N–H and O–H groups in total. The molecular weight excluding hydrogens is 166 g/mol. The molecule has 3 heteroatoms. The van der Waals surface area contributed by atoms with E-state index in [0.29, 0.717) is 13.0 Å². The van der Waals surface area contributed by atoms with Crippen molar-refractivity contribution in [1.82, 2.24) is 0 Å². The van der Waals surface area contributed by atoms with E-state index in [1.807, 2.05) is 6.92 Å². The zero-order chi connectivity index (χ0) is 9.68. The Kier molecular flexibility index (Phi) is 4.22. The summed E-state index contributed by atoms with van der Waals surface area (Å²) in [5.41, 5.74) is 5.62. The summed E-state index contributed by atoms with van der Waals surface area (Å²) in [5, 5.41) is 0. The van der Waals surface area contributed by atoms with Crippen molar-refractivity contribution in [3.05, 3.63) is 0 Å². The molecule has 0 heterocycles. The first kappa shape index (κ1) is 10.5. The Morgan fingerprint density at radius 3 is 2.85 bits per heavy atom. The van der Waals surface area contributed by atoms with Gasteiger partial charge in [-0.15, -0.1) is 0 Å². The van der Waals surface area contributed by atoms with E-state index in [4.69, 9.17) is 10.5 Å². The molecule has 0 aromatic heterocycles. The maximum Gasteiger partial charge on any atom is 0.307 e. The van der Waals surface area contributed by atoms with Crippen molar-refractivity contribution in [2.45, 2.75) is 45.1 Å². The predicted octanol–water partition coefficient (Wildman–Crippen LogP) is 1.46. The average molecular weight is 185 g/mol. The van der Waals surface area contributed by atoms with E-state index in [-0.39, 0.29) is 12.0 Å². The first-order valence-corrected chi connectivity index (χ1v) is 5.13. The molecule has 1 rings (SSSR count). The van der Waals surface area contributed by atoms with Crippen molar-refractivity contribution in [3.8, 4) is 0 Å². The monoisotopic (exact) mass is 185 g/mol. The highest BCUT2D eigenvalue weighted by Gasteiger charge is 2.21. The Hall–Kier alpha value is -0.570.